The largest absolute Gasteiger partial charge is 0.441 e. The van der Waals surface area contributed by atoms with Gasteiger partial charge in [0.2, 0.25) is 11.8 Å². The molecule has 0 spiro atoms. The van der Waals surface area contributed by atoms with E-state index in [1.165, 1.54) is 4.57 Å². The summed E-state index contributed by atoms with van der Waals surface area (Å²) in [5, 5.41) is 0. The molecule has 0 aliphatic carbocycles. The van der Waals surface area contributed by atoms with E-state index in [1.54, 1.807) is 24.2 Å². The third-order valence-electron chi connectivity index (χ3n) is 4.88. The van der Waals surface area contributed by atoms with E-state index in [1.807, 2.05) is 25.1 Å². The van der Waals surface area contributed by atoms with Crippen LogP contribution in [0.25, 0.3) is 11.5 Å². The first-order valence-corrected chi connectivity index (χ1v) is 9.23. The number of hydrogen-bond donors (Lipinski definition) is 0. The summed E-state index contributed by atoms with van der Waals surface area (Å²) in [7, 11) is 0. The van der Waals surface area contributed by atoms with Crippen LogP contribution in [0.4, 0.5) is 0 Å². The summed E-state index contributed by atoms with van der Waals surface area (Å²) in [5.74, 6) is 1.33. The lowest BCUT2D eigenvalue weighted by atomic mass is 10.1. The Kier molecular flexibility index (Phi) is 4.77. The van der Waals surface area contributed by atoms with E-state index in [2.05, 4.69) is 15.0 Å². The fourth-order valence-corrected chi connectivity index (χ4v) is 3.44. The van der Waals surface area contributed by atoms with Gasteiger partial charge in [-0.25, -0.2) is 9.78 Å². The van der Waals surface area contributed by atoms with Crippen molar-refractivity contribution in [2.24, 2.45) is 0 Å². The van der Waals surface area contributed by atoms with E-state index < -0.39 is 0 Å². The Balaban J connectivity index is 1.44. The number of rotatable bonds is 4. The first-order chi connectivity index (χ1) is 13.5. The molecule has 0 saturated heterocycles. The minimum atomic E-state index is -0.316. The average Bonchev–Trinajstić information content (AvgIpc) is 3.11. The van der Waals surface area contributed by atoms with Gasteiger partial charge in [0.25, 0.3) is 0 Å². The van der Waals surface area contributed by atoms with Crippen LogP contribution in [0.5, 0.6) is 0 Å². The van der Waals surface area contributed by atoms with Gasteiger partial charge < -0.3 is 9.32 Å². The van der Waals surface area contributed by atoms with Crippen LogP contribution in [0, 0.1) is 13.8 Å². The summed E-state index contributed by atoms with van der Waals surface area (Å²) in [6.45, 7) is 4.95. The maximum Gasteiger partial charge on any atom is 0.347 e. The van der Waals surface area contributed by atoms with E-state index in [0.29, 0.717) is 37.6 Å². The van der Waals surface area contributed by atoms with E-state index in [0.717, 1.165) is 22.7 Å². The lowest BCUT2D eigenvalue weighted by Crippen LogP contribution is -2.37. The quantitative estimate of drug-likeness (QED) is 0.687. The number of fused-ring (bicyclic) bond motifs is 1. The Labute approximate surface area is 161 Å². The zero-order valence-corrected chi connectivity index (χ0v) is 15.9. The molecule has 144 valence electrons. The zero-order chi connectivity index (χ0) is 19.7. The van der Waals surface area contributed by atoms with Gasteiger partial charge in [0.05, 0.1) is 12.1 Å². The van der Waals surface area contributed by atoms with Gasteiger partial charge >= 0.3 is 5.69 Å². The van der Waals surface area contributed by atoms with Crippen LogP contribution < -0.4 is 5.69 Å². The molecule has 1 aliphatic heterocycles. The van der Waals surface area contributed by atoms with Crippen molar-refractivity contribution in [2.45, 2.75) is 39.8 Å². The number of hydrogen-bond acceptors (Lipinski definition) is 6. The maximum absolute atomic E-state index is 12.7. The Hall–Kier alpha value is -3.29. The molecule has 1 amide bonds. The number of nitrogens with zero attached hydrogens (tertiary/aromatic N) is 5. The molecule has 28 heavy (non-hydrogen) atoms. The molecular formula is C20H21N5O3. The normalized spacial score (nSPS) is 13.4. The molecule has 0 unspecified atom stereocenters. The maximum atomic E-state index is 12.7. The first-order valence-electron chi connectivity index (χ1n) is 9.23. The number of amides is 1. The predicted octanol–water partition coefficient (Wildman–Crippen LogP) is 1.89. The Bertz CT molecular complexity index is 1070. The van der Waals surface area contributed by atoms with Crippen LogP contribution in [0.15, 0.2) is 39.8 Å². The van der Waals surface area contributed by atoms with Crippen molar-refractivity contribution in [2.75, 3.05) is 6.54 Å². The van der Waals surface area contributed by atoms with Crippen molar-refractivity contribution in [3.63, 3.8) is 0 Å². The first kappa shape index (κ1) is 18.1. The van der Waals surface area contributed by atoms with Crippen molar-refractivity contribution in [1.29, 1.82) is 0 Å². The van der Waals surface area contributed by atoms with E-state index in [9.17, 15) is 9.59 Å². The molecule has 0 radical (unpaired) electrons. The van der Waals surface area contributed by atoms with Gasteiger partial charge in [0, 0.05) is 49.7 Å². The van der Waals surface area contributed by atoms with Crippen LogP contribution in [-0.2, 0) is 24.3 Å². The van der Waals surface area contributed by atoms with Gasteiger partial charge in [0.1, 0.15) is 11.5 Å². The lowest BCUT2D eigenvalue weighted by Gasteiger charge is -2.25. The highest BCUT2D eigenvalue weighted by Gasteiger charge is 2.25. The average molecular weight is 379 g/mol. The second-order valence-electron chi connectivity index (χ2n) is 6.92. The molecule has 0 saturated carbocycles. The molecule has 3 aromatic heterocycles. The summed E-state index contributed by atoms with van der Waals surface area (Å²) < 4.78 is 7.39. The Morgan fingerprint density at radius 1 is 1.29 bits per heavy atom. The molecule has 4 rings (SSSR count). The van der Waals surface area contributed by atoms with Crippen LogP contribution in [0.1, 0.15) is 29.3 Å². The summed E-state index contributed by atoms with van der Waals surface area (Å²) in [5.41, 5.74) is 2.78. The molecule has 8 nitrogen and oxygen atoms in total. The van der Waals surface area contributed by atoms with Gasteiger partial charge in [0.15, 0.2) is 0 Å². The highest BCUT2D eigenvalue weighted by molar-refractivity contribution is 5.76. The van der Waals surface area contributed by atoms with Gasteiger partial charge in [-0.2, -0.15) is 4.98 Å². The van der Waals surface area contributed by atoms with E-state index >= 15 is 0 Å². The Morgan fingerprint density at radius 3 is 2.89 bits per heavy atom. The molecule has 0 N–H and O–H groups in total. The molecule has 3 aromatic rings. The molecule has 0 atom stereocenters. The fraction of sp³-hybridized carbons (Fsp3) is 0.350. The Morgan fingerprint density at radius 2 is 2.14 bits per heavy atom. The molecule has 0 fully saturated rings. The monoisotopic (exact) mass is 379 g/mol. The molecular weight excluding hydrogens is 358 g/mol. The van der Waals surface area contributed by atoms with Crippen molar-refractivity contribution in [1.82, 2.24) is 24.4 Å². The number of pyridine rings is 1. The van der Waals surface area contributed by atoms with Gasteiger partial charge in [-0.05, 0) is 32.0 Å². The second-order valence-corrected chi connectivity index (χ2v) is 6.92. The van der Waals surface area contributed by atoms with Gasteiger partial charge in [-0.1, -0.05) is 0 Å². The molecule has 8 heteroatoms. The lowest BCUT2D eigenvalue weighted by molar-refractivity contribution is -0.132. The summed E-state index contributed by atoms with van der Waals surface area (Å²) in [4.78, 5) is 39.1. The second kappa shape index (κ2) is 7.38. The predicted molar refractivity (Wildman–Crippen MR) is 101 cm³/mol. The number of aromatic nitrogens is 4. The third kappa shape index (κ3) is 3.58. The van der Waals surface area contributed by atoms with Crippen LogP contribution in [0.3, 0.4) is 0 Å². The van der Waals surface area contributed by atoms with Crippen molar-refractivity contribution in [3.8, 4) is 11.5 Å². The summed E-state index contributed by atoms with van der Waals surface area (Å²) >= 11 is 0. The molecule has 4 heterocycles. The number of carbonyl (C=O) groups is 1. The number of oxazole rings is 1. The van der Waals surface area contributed by atoms with Crippen molar-refractivity contribution in [3.05, 3.63) is 63.9 Å². The van der Waals surface area contributed by atoms with E-state index in [-0.39, 0.29) is 18.0 Å². The molecule has 1 aliphatic rings. The van der Waals surface area contributed by atoms with Crippen molar-refractivity contribution >= 4 is 5.91 Å². The fourth-order valence-electron chi connectivity index (χ4n) is 3.44. The SMILES string of the molecule is Cc1cc(C)n(CCC(=O)N2CCc3oc(-c4cccnc4)nc3C2)c(=O)n1. The van der Waals surface area contributed by atoms with E-state index in [4.69, 9.17) is 4.42 Å². The van der Waals surface area contributed by atoms with Crippen LogP contribution >= 0.6 is 0 Å². The smallest absolute Gasteiger partial charge is 0.347 e. The highest BCUT2D eigenvalue weighted by atomic mass is 16.4. The summed E-state index contributed by atoms with van der Waals surface area (Å²) in [6.07, 6.45) is 4.27. The molecule has 0 aromatic carbocycles. The van der Waals surface area contributed by atoms with Gasteiger partial charge in [-0.15, -0.1) is 0 Å². The van der Waals surface area contributed by atoms with Crippen LogP contribution in [-0.4, -0.2) is 36.9 Å². The standard InChI is InChI=1S/C20H21N5O3/c1-13-10-14(2)25(20(27)22-13)9-6-18(26)24-8-5-17-16(12-24)23-19(28-17)15-4-3-7-21-11-15/h3-4,7,10-11H,5-6,8-9,12H2,1-2H3. The summed E-state index contributed by atoms with van der Waals surface area (Å²) in [6, 6.07) is 5.56. The minimum Gasteiger partial charge on any atom is -0.441 e. The number of carbonyl (C=O) groups excluding carboxylic acids is 1. The molecule has 0 bridgehead atoms. The van der Waals surface area contributed by atoms with Crippen molar-refractivity contribution < 1.29 is 9.21 Å². The minimum absolute atomic E-state index is 0.0107. The topological polar surface area (TPSA) is 94.1 Å². The van der Waals surface area contributed by atoms with Gasteiger partial charge in [-0.3, -0.25) is 14.3 Å². The zero-order valence-electron chi connectivity index (χ0n) is 15.9. The number of aryl methyl sites for hydroxylation is 2. The highest BCUT2D eigenvalue weighted by Crippen LogP contribution is 2.25. The third-order valence-corrected chi connectivity index (χ3v) is 4.88. The van der Waals surface area contributed by atoms with Crippen LogP contribution in [0.2, 0.25) is 0 Å².